The molecule has 0 unspecified atom stereocenters. The van der Waals surface area contributed by atoms with Crippen LogP contribution in [-0.2, 0) is 4.79 Å². The number of rotatable bonds is 8. The molecule has 0 radical (unpaired) electrons. The van der Waals surface area contributed by atoms with Gasteiger partial charge in [0, 0.05) is 6.42 Å². The highest BCUT2D eigenvalue weighted by Gasteiger charge is 2.05. The number of hydrogen-bond acceptors (Lipinski definition) is 1. The van der Waals surface area contributed by atoms with Crippen LogP contribution in [0.4, 0.5) is 0 Å². The maximum Gasteiger partial charge on any atom is 0.119 e. The third kappa shape index (κ3) is 6.38. The molecule has 0 atom stereocenters. The Labute approximate surface area is 76.6 Å². The van der Waals surface area contributed by atoms with Crippen molar-refractivity contribution in [1.29, 1.82) is 0 Å². The largest absolute Gasteiger partial charge is 0.303 e. The highest BCUT2D eigenvalue weighted by Crippen LogP contribution is 2.19. The second-order valence-corrected chi connectivity index (χ2v) is 3.54. The van der Waals surface area contributed by atoms with Gasteiger partial charge in [0.1, 0.15) is 6.29 Å². The molecule has 0 fully saturated rings. The molecule has 1 heteroatoms. The van der Waals surface area contributed by atoms with Gasteiger partial charge in [-0.2, -0.15) is 0 Å². The van der Waals surface area contributed by atoms with Crippen LogP contribution in [0.25, 0.3) is 0 Å². The molecular formula is C11H22O. The lowest BCUT2D eigenvalue weighted by molar-refractivity contribution is -0.108. The van der Waals surface area contributed by atoms with Crippen molar-refractivity contribution in [2.24, 2.45) is 5.92 Å². The molecule has 0 aliphatic carbocycles. The highest BCUT2D eigenvalue weighted by molar-refractivity contribution is 5.48. The van der Waals surface area contributed by atoms with Gasteiger partial charge in [-0.25, -0.2) is 0 Å². The minimum atomic E-state index is 0.754. The Kier molecular flexibility index (Phi) is 8.52. The van der Waals surface area contributed by atoms with Crippen LogP contribution in [0.3, 0.4) is 0 Å². The zero-order valence-electron chi connectivity index (χ0n) is 8.51. The van der Waals surface area contributed by atoms with E-state index in [1.165, 1.54) is 32.1 Å². The topological polar surface area (TPSA) is 17.1 Å². The summed E-state index contributed by atoms with van der Waals surface area (Å²) >= 11 is 0. The number of unbranched alkanes of at least 4 members (excludes halogenated alkanes) is 1. The Hall–Kier alpha value is -0.330. The molecule has 0 aromatic heterocycles. The minimum absolute atomic E-state index is 0.754. The van der Waals surface area contributed by atoms with Gasteiger partial charge >= 0.3 is 0 Å². The van der Waals surface area contributed by atoms with E-state index in [0.29, 0.717) is 0 Å². The van der Waals surface area contributed by atoms with Crippen molar-refractivity contribution < 1.29 is 4.79 Å². The van der Waals surface area contributed by atoms with Crippen LogP contribution in [-0.4, -0.2) is 6.29 Å². The monoisotopic (exact) mass is 170 g/mol. The number of aldehydes is 1. The minimum Gasteiger partial charge on any atom is -0.303 e. The predicted molar refractivity (Wildman–Crippen MR) is 53.2 cm³/mol. The van der Waals surface area contributed by atoms with Crippen molar-refractivity contribution in [3.8, 4) is 0 Å². The molecule has 0 saturated heterocycles. The highest BCUT2D eigenvalue weighted by atomic mass is 16.1. The first-order valence-corrected chi connectivity index (χ1v) is 5.28. The zero-order valence-corrected chi connectivity index (χ0v) is 8.51. The van der Waals surface area contributed by atoms with Crippen LogP contribution in [0.15, 0.2) is 0 Å². The molecule has 72 valence electrons. The summed E-state index contributed by atoms with van der Waals surface area (Å²) in [6.07, 6.45) is 9.38. The Morgan fingerprint density at radius 3 is 2.08 bits per heavy atom. The van der Waals surface area contributed by atoms with Crippen molar-refractivity contribution in [3.63, 3.8) is 0 Å². The van der Waals surface area contributed by atoms with Crippen LogP contribution < -0.4 is 0 Å². The molecule has 0 saturated carbocycles. The van der Waals surface area contributed by atoms with Gasteiger partial charge in [-0.05, 0) is 12.3 Å². The van der Waals surface area contributed by atoms with Gasteiger partial charge in [0.2, 0.25) is 0 Å². The van der Waals surface area contributed by atoms with Gasteiger partial charge in [-0.3, -0.25) is 0 Å². The molecule has 0 spiro atoms. The van der Waals surface area contributed by atoms with Gasteiger partial charge in [0.05, 0.1) is 0 Å². The molecule has 0 amide bonds. The van der Waals surface area contributed by atoms with Gasteiger partial charge in [-0.15, -0.1) is 0 Å². The molecule has 0 aromatic rings. The maximum absolute atomic E-state index is 10.1. The lowest BCUT2D eigenvalue weighted by Crippen LogP contribution is -1.99. The van der Waals surface area contributed by atoms with E-state index in [-0.39, 0.29) is 0 Å². The molecule has 0 aliphatic heterocycles. The van der Waals surface area contributed by atoms with E-state index in [2.05, 4.69) is 13.8 Å². The molecule has 0 rings (SSSR count). The van der Waals surface area contributed by atoms with Crippen LogP contribution in [0, 0.1) is 5.92 Å². The standard InChI is InChI=1S/C11H22O/c1-3-7-11(8-4-2)9-5-6-10-12/h10-11H,3-9H2,1-2H3. The Morgan fingerprint density at radius 2 is 1.67 bits per heavy atom. The number of carbonyl (C=O) groups is 1. The normalized spacial score (nSPS) is 10.6. The fourth-order valence-electron chi connectivity index (χ4n) is 1.74. The van der Waals surface area contributed by atoms with Crippen LogP contribution in [0.5, 0.6) is 0 Å². The van der Waals surface area contributed by atoms with Gasteiger partial charge in [-0.1, -0.05) is 46.0 Å². The van der Waals surface area contributed by atoms with Crippen LogP contribution in [0.1, 0.15) is 58.8 Å². The Morgan fingerprint density at radius 1 is 1.08 bits per heavy atom. The predicted octanol–water partition coefficient (Wildman–Crippen LogP) is 3.57. The van der Waals surface area contributed by atoms with E-state index in [0.717, 1.165) is 25.0 Å². The van der Waals surface area contributed by atoms with E-state index in [1.54, 1.807) is 0 Å². The molecule has 0 heterocycles. The molecule has 0 aromatic carbocycles. The van der Waals surface area contributed by atoms with Crippen molar-refractivity contribution >= 4 is 6.29 Å². The van der Waals surface area contributed by atoms with Crippen LogP contribution in [0.2, 0.25) is 0 Å². The summed E-state index contributed by atoms with van der Waals surface area (Å²) in [4.78, 5) is 10.1. The SMILES string of the molecule is CCCC(CCC)CCCC=O. The smallest absolute Gasteiger partial charge is 0.119 e. The summed E-state index contributed by atoms with van der Waals surface area (Å²) in [5.41, 5.74) is 0. The fraction of sp³-hybridized carbons (Fsp3) is 0.909. The lowest BCUT2D eigenvalue weighted by Gasteiger charge is -2.13. The van der Waals surface area contributed by atoms with E-state index in [1.807, 2.05) is 0 Å². The second-order valence-electron chi connectivity index (χ2n) is 3.54. The molecule has 1 nitrogen and oxygen atoms in total. The molecule has 12 heavy (non-hydrogen) atoms. The summed E-state index contributed by atoms with van der Waals surface area (Å²) in [5, 5.41) is 0. The first-order chi connectivity index (χ1) is 5.85. The van der Waals surface area contributed by atoms with Crippen molar-refractivity contribution in [1.82, 2.24) is 0 Å². The molecule has 0 bridgehead atoms. The van der Waals surface area contributed by atoms with Crippen molar-refractivity contribution in [2.45, 2.75) is 58.8 Å². The summed E-state index contributed by atoms with van der Waals surface area (Å²) in [6, 6.07) is 0. The van der Waals surface area contributed by atoms with Crippen LogP contribution >= 0.6 is 0 Å². The molecular weight excluding hydrogens is 148 g/mol. The van der Waals surface area contributed by atoms with E-state index < -0.39 is 0 Å². The summed E-state index contributed by atoms with van der Waals surface area (Å²) in [6.45, 7) is 4.48. The Balaban J connectivity index is 3.40. The maximum atomic E-state index is 10.1. The average Bonchev–Trinajstić information content (AvgIpc) is 2.06. The first-order valence-electron chi connectivity index (χ1n) is 5.28. The van der Waals surface area contributed by atoms with E-state index >= 15 is 0 Å². The van der Waals surface area contributed by atoms with Gasteiger partial charge in [0.25, 0.3) is 0 Å². The second kappa shape index (κ2) is 8.76. The third-order valence-electron chi connectivity index (χ3n) is 2.33. The number of hydrogen-bond donors (Lipinski definition) is 0. The van der Waals surface area contributed by atoms with Crippen molar-refractivity contribution in [3.05, 3.63) is 0 Å². The van der Waals surface area contributed by atoms with E-state index in [4.69, 9.17) is 0 Å². The van der Waals surface area contributed by atoms with Gasteiger partial charge < -0.3 is 4.79 Å². The van der Waals surface area contributed by atoms with E-state index in [9.17, 15) is 4.79 Å². The quantitative estimate of drug-likeness (QED) is 0.402. The Bertz CT molecular complexity index is 93.2. The first kappa shape index (κ1) is 11.7. The van der Waals surface area contributed by atoms with Crippen molar-refractivity contribution in [2.75, 3.05) is 0 Å². The summed E-state index contributed by atoms with van der Waals surface area (Å²) in [7, 11) is 0. The van der Waals surface area contributed by atoms with Gasteiger partial charge in [0.15, 0.2) is 0 Å². The molecule has 0 aliphatic rings. The lowest BCUT2D eigenvalue weighted by atomic mass is 9.93. The third-order valence-corrected chi connectivity index (χ3v) is 2.33. The number of carbonyl (C=O) groups excluding carboxylic acids is 1. The molecule has 0 N–H and O–H groups in total. The average molecular weight is 170 g/mol. The fourth-order valence-corrected chi connectivity index (χ4v) is 1.74. The zero-order chi connectivity index (χ0) is 9.23. The summed E-state index contributed by atoms with van der Waals surface area (Å²) in [5.74, 6) is 0.875. The summed E-state index contributed by atoms with van der Waals surface area (Å²) < 4.78 is 0.